The normalized spacial score (nSPS) is 11.2. The van der Waals surface area contributed by atoms with Crippen molar-refractivity contribution >= 4 is 23.0 Å². The van der Waals surface area contributed by atoms with Crippen molar-refractivity contribution in [3.8, 4) is 5.75 Å². The minimum absolute atomic E-state index is 0.110. The topological polar surface area (TPSA) is 52.6 Å². The minimum atomic E-state index is -0.452. The van der Waals surface area contributed by atoms with Crippen molar-refractivity contribution in [2.75, 3.05) is 6.61 Å². The molecule has 0 unspecified atom stereocenters. The summed E-state index contributed by atoms with van der Waals surface area (Å²) in [7, 11) is 0. The first-order valence-corrected chi connectivity index (χ1v) is 9.73. The smallest absolute Gasteiger partial charge is 0.372 e. The van der Waals surface area contributed by atoms with E-state index < -0.39 is 11.3 Å². The van der Waals surface area contributed by atoms with Crippen molar-refractivity contribution in [3.05, 3.63) is 58.7 Å². The van der Waals surface area contributed by atoms with E-state index in [0.717, 1.165) is 28.5 Å². The van der Waals surface area contributed by atoms with Crippen LogP contribution in [0, 0.1) is 13.8 Å². The largest absolute Gasteiger partial charge is 0.458 e. The Morgan fingerprint density at radius 3 is 2.26 bits per heavy atom. The van der Waals surface area contributed by atoms with Gasteiger partial charge in [-0.05, 0) is 66.8 Å². The van der Waals surface area contributed by atoms with Crippen molar-refractivity contribution in [1.82, 2.24) is 0 Å². The summed E-state index contributed by atoms with van der Waals surface area (Å²) in [5, 5.41) is -0.414. The molecule has 0 aromatic heterocycles. The fourth-order valence-corrected chi connectivity index (χ4v) is 3.75. The molecule has 27 heavy (non-hydrogen) atoms. The van der Waals surface area contributed by atoms with Crippen LogP contribution in [-0.2, 0) is 10.2 Å². The quantitative estimate of drug-likeness (QED) is 0.363. The van der Waals surface area contributed by atoms with Crippen molar-refractivity contribution < 1.29 is 19.1 Å². The highest BCUT2D eigenvalue weighted by atomic mass is 32.2. The minimum Gasteiger partial charge on any atom is -0.458 e. The summed E-state index contributed by atoms with van der Waals surface area (Å²) in [4.78, 5) is 25.3. The Balaban J connectivity index is 2.52. The van der Waals surface area contributed by atoms with Gasteiger partial charge in [-0.15, -0.1) is 0 Å². The first-order chi connectivity index (χ1) is 12.6. The Bertz CT molecular complexity index is 836. The fourth-order valence-electron chi connectivity index (χ4n) is 2.85. The average molecular weight is 387 g/mol. The van der Waals surface area contributed by atoms with Gasteiger partial charge >= 0.3 is 11.3 Å². The SMILES string of the molecule is CCOC(=O)Sc1c(C)c(C(C)(C)C)cc(C)c1OC(=O)c1ccccc1. The zero-order valence-electron chi connectivity index (χ0n) is 16.7. The third kappa shape index (κ3) is 5.13. The Morgan fingerprint density at radius 1 is 1.07 bits per heavy atom. The number of thioether (sulfide) groups is 1. The van der Waals surface area contributed by atoms with E-state index in [1.54, 1.807) is 31.2 Å². The molecule has 2 rings (SSSR count). The highest BCUT2D eigenvalue weighted by Crippen LogP contribution is 2.42. The molecule has 0 atom stereocenters. The second kappa shape index (κ2) is 8.61. The molecule has 0 radical (unpaired) electrons. The van der Waals surface area contributed by atoms with Crippen LogP contribution in [0.3, 0.4) is 0 Å². The molecule has 0 saturated carbocycles. The number of ether oxygens (including phenoxy) is 2. The van der Waals surface area contributed by atoms with Crippen molar-refractivity contribution in [2.24, 2.45) is 0 Å². The lowest BCUT2D eigenvalue weighted by Crippen LogP contribution is -2.16. The van der Waals surface area contributed by atoms with Gasteiger partial charge in [-0.25, -0.2) is 9.59 Å². The molecule has 0 amide bonds. The molecule has 0 saturated heterocycles. The second-order valence-corrected chi connectivity index (χ2v) is 8.26. The van der Waals surface area contributed by atoms with Gasteiger partial charge in [0.1, 0.15) is 5.75 Å². The van der Waals surface area contributed by atoms with Crippen LogP contribution in [0.1, 0.15) is 54.7 Å². The van der Waals surface area contributed by atoms with Gasteiger partial charge in [0.25, 0.3) is 0 Å². The molecule has 144 valence electrons. The fraction of sp³-hybridized carbons (Fsp3) is 0.364. The lowest BCUT2D eigenvalue weighted by molar-refractivity contribution is 0.0728. The van der Waals surface area contributed by atoms with Crippen LogP contribution < -0.4 is 4.74 Å². The third-order valence-corrected chi connectivity index (χ3v) is 5.11. The summed E-state index contributed by atoms with van der Waals surface area (Å²) < 4.78 is 10.8. The summed E-state index contributed by atoms with van der Waals surface area (Å²) in [5.41, 5.74) is 3.18. The van der Waals surface area contributed by atoms with Gasteiger partial charge in [0.2, 0.25) is 0 Å². The molecule has 0 aliphatic heterocycles. The number of rotatable bonds is 4. The molecule has 0 heterocycles. The molecule has 4 nitrogen and oxygen atoms in total. The molecule has 0 aliphatic rings. The Labute approximate surface area is 165 Å². The molecule has 2 aromatic rings. The maximum Gasteiger partial charge on any atom is 0.372 e. The monoisotopic (exact) mass is 386 g/mol. The number of benzene rings is 2. The van der Waals surface area contributed by atoms with Crippen LogP contribution >= 0.6 is 11.8 Å². The number of hydrogen-bond acceptors (Lipinski definition) is 5. The lowest BCUT2D eigenvalue weighted by atomic mass is 9.83. The van der Waals surface area contributed by atoms with Gasteiger partial charge in [-0.1, -0.05) is 45.0 Å². The highest BCUT2D eigenvalue weighted by Gasteiger charge is 2.26. The summed E-state index contributed by atoms with van der Waals surface area (Å²) >= 11 is 0.965. The summed E-state index contributed by atoms with van der Waals surface area (Å²) in [5.74, 6) is -0.0419. The van der Waals surface area contributed by atoms with Crippen LogP contribution in [0.2, 0.25) is 0 Å². The van der Waals surface area contributed by atoms with Crippen LogP contribution in [0.4, 0.5) is 4.79 Å². The maximum atomic E-state index is 12.6. The van der Waals surface area contributed by atoms with Crippen molar-refractivity contribution in [3.63, 3.8) is 0 Å². The third-order valence-electron chi connectivity index (χ3n) is 4.13. The standard InChI is InChI=1S/C22H26O4S/c1-7-25-21(24)27-19-15(3)17(22(4,5)6)13-14(2)18(19)26-20(23)16-11-9-8-10-12-16/h8-13H,7H2,1-6H3. The molecular formula is C22H26O4S. The summed E-state index contributed by atoms with van der Waals surface area (Å²) in [6, 6.07) is 10.8. The molecule has 0 fully saturated rings. The van der Waals surface area contributed by atoms with Crippen LogP contribution in [0.5, 0.6) is 5.75 Å². The molecule has 0 N–H and O–H groups in total. The van der Waals surface area contributed by atoms with Gasteiger partial charge in [-0.3, -0.25) is 0 Å². The number of carbonyl (C=O) groups excluding carboxylic acids is 2. The molecule has 2 aromatic carbocycles. The van der Waals surface area contributed by atoms with E-state index in [0.29, 0.717) is 22.8 Å². The average Bonchev–Trinajstić information content (AvgIpc) is 2.60. The Morgan fingerprint density at radius 2 is 1.70 bits per heavy atom. The van der Waals surface area contributed by atoms with E-state index in [1.807, 2.05) is 26.0 Å². The molecule has 5 heteroatoms. The van der Waals surface area contributed by atoms with E-state index in [4.69, 9.17) is 9.47 Å². The van der Waals surface area contributed by atoms with E-state index in [9.17, 15) is 9.59 Å². The first kappa shape index (κ1) is 21.0. The van der Waals surface area contributed by atoms with Gasteiger partial charge in [0.05, 0.1) is 17.1 Å². The number of hydrogen-bond donors (Lipinski definition) is 0. The summed E-state index contributed by atoms with van der Waals surface area (Å²) in [6.45, 7) is 12.2. The molecule has 0 aliphatic carbocycles. The maximum absolute atomic E-state index is 12.6. The van der Waals surface area contributed by atoms with Crippen LogP contribution in [-0.4, -0.2) is 17.9 Å². The van der Waals surface area contributed by atoms with Gasteiger partial charge in [-0.2, -0.15) is 0 Å². The van der Waals surface area contributed by atoms with Gasteiger partial charge < -0.3 is 9.47 Å². The lowest BCUT2D eigenvalue weighted by Gasteiger charge is -2.25. The van der Waals surface area contributed by atoms with Gasteiger partial charge in [0.15, 0.2) is 0 Å². The summed E-state index contributed by atoms with van der Waals surface area (Å²) in [6.07, 6.45) is 0. The van der Waals surface area contributed by atoms with Gasteiger partial charge in [0, 0.05) is 0 Å². The van der Waals surface area contributed by atoms with E-state index in [1.165, 1.54) is 0 Å². The predicted molar refractivity (Wildman–Crippen MR) is 109 cm³/mol. The van der Waals surface area contributed by atoms with E-state index in [2.05, 4.69) is 20.8 Å². The van der Waals surface area contributed by atoms with E-state index in [-0.39, 0.29) is 5.41 Å². The Hall–Kier alpha value is -2.27. The van der Waals surface area contributed by atoms with Crippen molar-refractivity contribution in [2.45, 2.75) is 51.9 Å². The number of esters is 1. The first-order valence-electron chi connectivity index (χ1n) is 8.91. The predicted octanol–water partition coefficient (Wildman–Crippen LogP) is 6.07. The highest BCUT2D eigenvalue weighted by molar-refractivity contribution is 8.13. The van der Waals surface area contributed by atoms with Crippen molar-refractivity contribution in [1.29, 1.82) is 0 Å². The molecule has 0 bridgehead atoms. The second-order valence-electron chi connectivity index (χ2n) is 7.31. The zero-order valence-corrected chi connectivity index (χ0v) is 17.5. The number of aryl methyl sites for hydroxylation is 1. The van der Waals surface area contributed by atoms with Crippen LogP contribution in [0.15, 0.2) is 41.3 Å². The zero-order chi connectivity index (χ0) is 20.2. The van der Waals surface area contributed by atoms with E-state index >= 15 is 0 Å². The Kier molecular flexibility index (Phi) is 6.71. The molecular weight excluding hydrogens is 360 g/mol. The molecule has 0 spiro atoms. The van der Waals surface area contributed by atoms with Crippen LogP contribution in [0.25, 0.3) is 0 Å². The number of carbonyl (C=O) groups is 2.